The van der Waals surface area contributed by atoms with Gasteiger partial charge >= 0.3 is 5.69 Å². The molecule has 21 heavy (non-hydrogen) atoms. The predicted octanol–water partition coefficient (Wildman–Crippen LogP) is -0.537. The number of benzene rings is 1. The summed E-state index contributed by atoms with van der Waals surface area (Å²) in [6.07, 6.45) is -1.31. The number of carbonyl (C=O) groups excluding carboxylic acids is 1. The molecule has 0 fully saturated rings. The second-order valence-electron chi connectivity index (χ2n) is 4.43. The number of aryl methyl sites for hydroxylation is 1. The minimum atomic E-state index is -1.31. The first-order valence-electron chi connectivity index (χ1n) is 6.34. The van der Waals surface area contributed by atoms with E-state index in [1.165, 1.54) is 0 Å². The lowest BCUT2D eigenvalue weighted by molar-refractivity contribution is -0.130. The highest BCUT2D eigenvalue weighted by Crippen LogP contribution is 2.16. The van der Waals surface area contributed by atoms with Gasteiger partial charge in [-0.1, -0.05) is 18.2 Å². The van der Waals surface area contributed by atoms with Crippen molar-refractivity contribution in [3.63, 3.8) is 0 Å². The Morgan fingerprint density at radius 1 is 1.48 bits per heavy atom. The summed E-state index contributed by atoms with van der Waals surface area (Å²) in [6, 6.07) is 7.31. The molecule has 0 bridgehead atoms. The Bertz CT molecular complexity index is 664. The van der Waals surface area contributed by atoms with Crippen molar-refractivity contribution in [1.82, 2.24) is 20.5 Å². The SMILES string of the molecule is Cc1ccccc1OCC(O)C(=O)NCc1n[nH]c(=O)[nH]1. The third kappa shape index (κ3) is 4.18. The molecule has 1 atom stereocenters. The topological polar surface area (TPSA) is 120 Å². The number of aromatic nitrogens is 3. The average molecular weight is 292 g/mol. The standard InChI is InChI=1S/C13H16N4O4/c1-8-4-2-3-5-10(8)21-7-9(18)12(19)14-6-11-15-13(20)17-16-11/h2-5,9,18H,6-7H2,1H3,(H,14,19)(H2,15,16,17,20). The van der Waals surface area contributed by atoms with Gasteiger partial charge in [0.1, 0.15) is 18.2 Å². The van der Waals surface area contributed by atoms with Crippen LogP contribution >= 0.6 is 0 Å². The summed E-state index contributed by atoms with van der Waals surface area (Å²) in [5.41, 5.74) is 0.460. The van der Waals surface area contributed by atoms with E-state index in [0.29, 0.717) is 5.75 Å². The third-order valence-electron chi connectivity index (χ3n) is 2.77. The van der Waals surface area contributed by atoms with Crippen LogP contribution in [0.3, 0.4) is 0 Å². The smallest absolute Gasteiger partial charge is 0.340 e. The summed E-state index contributed by atoms with van der Waals surface area (Å²) < 4.78 is 5.39. The van der Waals surface area contributed by atoms with Crippen molar-refractivity contribution in [3.8, 4) is 5.75 Å². The molecule has 1 unspecified atom stereocenters. The van der Waals surface area contributed by atoms with Crippen molar-refractivity contribution in [1.29, 1.82) is 0 Å². The molecule has 0 aliphatic heterocycles. The van der Waals surface area contributed by atoms with Crippen LogP contribution in [-0.4, -0.2) is 38.9 Å². The minimum Gasteiger partial charge on any atom is -0.490 e. The highest BCUT2D eigenvalue weighted by Gasteiger charge is 2.16. The molecule has 0 aliphatic carbocycles. The van der Waals surface area contributed by atoms with Gasteiger partial charge in [0, 0.05) is 0 Å². The number of para-hydroxylation sites is 1. The van der Waals surface area contributed by atoms with Crippen molar-refractivity contribution in [3.05, 3.63) is 46.1 Å². The van der Waals surface area contributed by atoms with E-state index in [2.05, 4.69) is 20.5 Å². The maximum Gasteiger partial charge on any atom is 0.340 e. The molecule has 0 aliphatic rings. The van der Waals surface area contributed by atoms with Crippen molar-refractivity contribution < 1.29 is 14.6 Å². The number of aromatic amines is 2. The average Bonchev–Trinajstić information content (AvgIpc) is 2.89. The van der Waals surface area contributed by atoms with Gasteiger partial charge in [-0.05, 0) is 18.6 Å². The second kappa shape index (κ2) is 6.71. The monoisotopic (exact) mass is 292 g/mol. The molecule has 1 aromatic carbocycles. The molecule has 2 rings (SSSR count). The Morgan fingerprint density at radius 2 is 2.24 bits per heavy atom. The number of hydrogen-bond acceptors (Lipinski definition) is 5. The molecular weight excluding hydrogens is 276 g/mol. The van der Waals surface area contributed by atoms with Crippen LogP contribution in [0, 0.1) is 6.92 Å². The van der Waals surface area contributed by atoms with Gasteiger partial charge in [-0.15, -0.1) is 0 Å². The number of nitrogens with one attached hydrogen (secondary N) is 3. The van der Waals surface area contributed by atoms with Crippen molar-refractivity contribution in [2.24, 2.45) is 0 Å². The van der Waals surface area contributed by atoms with Crippen LogP contribution in [0.2, 0.25) is 0 Å². The van der Waals surface area contributed by atoms with E-state index in [-0.39, 0.29) is 19.0 Å². The van der Waals surface area contributed by atoms with Crippen LogP contribution < -0.4 is 15.7 Å². The molecule has 112 valence electrons. The zero-order valence-corrected chi connectivity index (χ0v) is 11.4. The number of aliphatic hydroxyl groups excluding tert-OH is 1. The van der Waals surface area contributed by atoms with Crippen LogP contribution in [0.1, 0.15) is 11.4 Å². The fourth-order valence-electron chi connectivity index (χ4n) is 1.64. The summed E-state index contributed by atoms with van der Waals surface area (Å²) in [7, 11) is 0. The van der Waals surface area contributed by atoms with E-state index < -0.39 is 17.7 Å². The van der Waals surface area contributed by atoms with Crippen molar-refractivity contribution in [2.45, 2.75) is 19.6 Å². The number of amides is 1. The molecular formula is C13H16N4O4. The van der Waals surface area contributed by atoms with Gasteiger partial charge in [0.15, 0.2) is 6.10 Å². The fourth-order valence-corrected chi connectivity index (χ4v) is 1.64. The lowest BCUT2D eigenvalue weighted by atomic mass is 10.2. The first-order valence-corrected chi connectivity index (χ1v) is 6.34. The first-order chi connectivity index (χ1) is 10.1. The van der Waals surface area contributed by atoms with Crippen LogP contribution in [0.25, 0.3) is 0 Å². The quantitative estimate of drug-likeness (QED) is 0.570. The molecule has 0 radical (unpaired) electrons. The van der Waals surface area contributed by atoms with Crippen LogP contribution in [0.15, 0.2) is 29.1 Å². The molecule has 8 heteroatoms. The van der Waals surface area contributed by atoms with E-state index >= 15 is 0 Å². The number of carbonyl (C=O) groups is 1. The second-order valence-corrected chi connectivity index (χ2v) is 4.43. The summed E-state index contributed by atoms with van der Waals surface area (Å²) in [6.45, 7) is 1.72. The Kier molecular flexibility index (Phi) is 4.72. The van der Waals surface area contributed by atoms with Gasteiger partial charge in [-0.25, -0.2) is 9.89 Å². The normalized spacial score (nSPS) is 11.9. The summed E-state index contributed by atoms with van der Waals surface area (Å²) in [5, 5.41) is 18.0. The summed E-state index contributed by atoms with van der Waals surface area (Å²) >= 11 is 0. The van der Waals surface area contributed by atoms with Crippen molar-refractivity contribution in [2.75, 3.05) is 6.61 Å². The maximum atomic E-state index is 11.7. The molecule has 0 saturated heterocycles. The molecule has 1 heterocycles. The molecule has 8 nitrogen and oxygen atoms in total. The summed E-state index contributed by atoms with van der Waals surface area (Å²) in [4.78, 5) is 24.8. The molecule has 4 N–H and O–H groups in total. The lowest BCUT2D eigenvalue weighted by Crippen LogP contribution is -2.38. The maximum absolute atomic E-state index is 11.7. The largest absolute Gasteiger partial charge is 0.490 e. The minimum absolute atomic E-state index is 0.0129. The molecule has 0 spiro atoms. The molecule has 1 amide bonds. The van der Waals surface area contributed by atoms with E-state index in [0.717, 1.165) is 5.56 Å². The van der Waals surface area contributed by atoms with E-state index in [9.17, 15) is 14.7 Å². The predicted molar refractivity (Wildman–Crippen MR) is 73.7 cm³/mol. The van der Waals surface area contributed by atoms with E-state index in [1.54, 1.807) is 6.07 Å². The van der Waals surface area contributed by atoms with Crippen LogP contribution in [0.5, 0.6) is 5.75 Å². The van der Waals surface area contributed by atoms with Gasteiger partial charge in [0.25, 0.3) is 5.91 Å². The Balaban J connectivity index is 1.80. The zero-order valence-electron chi connectivity index (χ0n) is 11.4. The number of rotatable bonds is 6. The molecule has 1 aromatic heterocycles. The number of aliphatic hydroxyl groups is 1. The summed E-state index contributed by atoms with van der Waals surface area (Å²) in [5.74, 6) is 0.286. The van der Waals surface area contributed by atoms with Gasteiger partial charge in [0.05, 0.1) is 6.54 Å². The Hall–Kier alpha value is -2.61. The Labute approximate surface area is 120 Å². The number of H-pyrrole nitrogens is 2. The highest BCUT2D eigenvalue weighted by molar-refractivity contribution is 5.80. The zero-order chi connectivity index (χ0) is 15.2. The fraction of sp³-hybridized carbons (Fsp3) is 0.308. The van der Waals surface area contributed by atoms with E-state index in [4.69, 9.17) is 4.74 Å². The Morgan fingerprint density at radius 3 is 2.90 bits per heavy atom. The molecule has 2 aromatic rings. The number of ether oxygens (including phenoxy) is 1. The molecule has 0 saturated carbocycles. The van der Waals surface area contributed by atoms with E-state index in [1.807, 2.05) is 25.1 Å². The number of hydrogen-bond donors (Lipinski definition) is 4. The van der Waals surface area contributed by atoms with Gasteiger partial charge in [-0.2, -0.15) is 5.10 Å². The first kappa shape index (κ1) is 14.8. The van der Waals surface area contributed by atoms with Crippen LogP contribution in [0.4, 0.5) is 0 Å². The third-order valence-corrected chi connectivity index (χ3v) is 2.77. The van der Waals surface area contributed by atoms with Crippen molar-refractivity contribution >= 4 is 5.91 Å². The van der Waals surface area contributed by atoms with Gasteiger partial charge in [-0.3, -0.25) is 9.78 Å². The van der Waals surface area contributed by atoms with Crippen LogP contribution in [-0.2, 0) is 11.3 Å². The van der Waals surface area contributed by atoms with Gasteiger partial charge < -0.3 is 15.2 Å². The van der Waals surface area contributed by atoms with Gasteiger partial charge in [0.2, 0.25) is 0 Å². The lowest BCUT2D eigenvalue weighted by Gasteiger charge is -2.13. The highest BCUT2D eigenvalue weighted by atomic mass is 16.5. The number of nitrogens with zero attached hydrogens (tertiary/aromatic N) is 1.